The van der Waals surface area contributed by atoms with Gasteiger partial charge in [0.15, 0.2) is 5.82 Å². The van der Waals surface area contributed by atoms with Gasteiger partial charge >= 0.3 is 6.18 Å². The van der Waals surface area contributed by atoms with E-state index in [1.54, 1.807) is 6.07 Å². The maximum Gasteiger partial charge on any atom is 0.416 e. The number of unbranched alkanes of at least 4 members (excludes halogenated alkanes) is 2. The minimum atomic E-state index is -4.42. The molecule has 194 valence electrons. The van der Waals surface area contributed by atoms with Gasteiger partial charge in [-0.1, -0.05) is 43.1 Å². The van der Waals surface area contributed by atoms with Gasteiger partial charge in [0.05, 0.1) is 15.7 Å². The average molecular weight is 578 g/mol. The van der Waals surface area contributed by atoms with E-state index in [0.717, 1.165) is 36.9 Å². The molecular weight excluding hydrogens is 555 g/mol. The zero-order chi connectivity index (χ0) is 26.2. The lowest BCUT2D eigenvalue weighted by atomic mass is 10.1. The standard InChI is InChI=1S/C24H23BrF3N7O2/c1-2-3-4-10-34-16-13-17(25)29-21(16)22(36)35-19(31-32-23(34)35)8-9-20-30-18(33-37-20)12-14-6-5-7-15(11-14)24(26,27)28/h5-7,11,13,29H,2-4,8-10,12H2,1H3. The highest BCUT2D eigenvalue weighted by Crippen LogP contribution is 2.30. The lowest BCUT2D eigenvalue weighted by Crippen LogP contribution is -2.21. The minimum Gasteiger partial charge on any atom is -0.343 e. The second-order valence-corrected chi connectivity index (χ2v) is 9.63. The first kappa shape index (κ1) is 25.2. The topological polar surface area (TPSA) is 107 Å². The monoisotopic (exact) mass is 577 g/mol. The summed E-state index contributed by atoms with van der Waals surface area (Å²) in [5.41, 5.74) is 0.665. The van der Waals surface area contributed by atoms with Crippen molar-refractivity contribution in [3.63, 3.8) is 0 Å². The molecular formula is C24H23BrF3N7O2. The highest BCUT2D eigenvalue weighted by Gasteiger charge is 2.30. The molecule has 1 N–H and O–H groups in total. The van der Waals surface area contributed by atoms with Gasteiger partial charge in [-0.3, -0.25) is 4.79 Å². The molecule has 0 fully saturated rings. The molecule has 0 unspecified atom stereocenters. The molecule has 0 saturated heterocycles. The first-order chi connectivity index (χ1) is 17.7. The molecule has 0 atom stereocenters. The fourth-order valence-electron chi connectivity index (χ4n) is 4.32. The average Bonchev–Trinajstić information content (AvgIpc) is 3.58. The van der Waals surface area contributed by atoms with Crippen molar-refractivity contribution in [2.75, 3.05) is 0 Å². The Hall–Kier alpha value is -3.48. The predicted octanol–water partition coefficient (Wildman–Crippen LogP) is 5.10. The molecule has 0 amide bonds. The fourth-order valence-corrected chi connectivity index (χ4v) is 4.74. The number of aromatic nitrogens is 7. The zero-order valence-electron chi connectivity index (χ0n) is 19.8. The van der Waals surface area contributed by atoms with Crippen LogP contribution < -0.4 is 5.56 Å². The molecule has 4 aromatic heterocycles. The van der Waals surface area contributed by atoms with Crippen LogP contribution in [-0.2, 0) is 32.0 Å². The quantitative estimate of drug-likeness (QED) is 0.244. The van der Waals surface area contributed by atoms with E-state index in [-0.39, 0.29) is 24.2 Å². The number of nitrogens with one attached hydrogen (secondary N) is 1. The Labute approximate surface area is 216 Å². The number of fused-ring (bicyclic) bond motifs is 2. The summed E-state index contributed by atoms with van der Waals surface area (Å²) < 4.78 is 48.4. The largest absolute Gasteiger partial charge is 0.416 e. The van der Waals surface area contributed by atoms with Crippen LogP contribution in [-0.4, -0.2) is 34.3 Å². The lowest BCUT2D eigenvalue weighted by Gasteiger charge is -2.10. The van der Waals surface area contributed by atoms with Crippen molar-refractivity contribution in [1.82, 2.24) is 34.3 Å². The first-order valence-electron chi connectivity index (χ1n) is 11.9. The Balaban J connectivity index is 1.37. The van der Waals surface area contributed by atoms with Gasteiger partial charge in [-0.2, -0.15) is 18.2 Å². The highest BCUT2D eigenvalue weighted by molar-refractivity contribution is 9.10. The van der Waals surface area contributed by atoms with Crippen LogP contribution in [0.3, 0.4) is 0 Å². The molecule has 0 aliphatic rings. The van der Waals surface area contributed by atoms with Gasteiger partial charge in [0.25, 0.3) is 5.56 Å². The first-order valence-corrected chi connectivity index (χ1v) is 12.7. The van der Waals surface area contributed by atoms with E-state index >= 15 is 0 Å². The molecule has 0 spiro atoms. The predicted molar refractivity (Wildman–Crippen MR) is 132 cm³/mol. The van der Waals surface area contributed by atoms with Crippen molar-refractivity contribution in [2.24, 2.45) is 0 Å². The lowest BCUT2D eigenvalue weighted by molar-refractivity contribution is -0.137. The second kappa shape index (κ2) is 10.1. The van der Waals surface area contributed by atoms with Crippen LogP contribution in [0.5, 0.6) is 0 Å². The van der Waals surface area contributed by atoms with Gasteiger partial charge in [-0.15, -0.1) is 10.2 Å². The number of alkyl halides is 3. The smallest absolute Gasteiger partial charge is 0.343 e. The van der Waals surface area contributed by atoms with Crippen LogP contribution >= 0.6 is 15.9 Å². The number of benzene rings is 1. The van der Waals surface area contributed by atoms with Gasteiger partial charge in [-0.25, -0.2) is 4.40 Å². The van der Waals surface area contributed by atoms with E-state index in [4.69, 9.17) is 4.52 Å². The van der Waals surface area contributed by atoms with Crippen molar-refractivity contribution in [1.29, 1.82) is 0 Å². The van der Waals surface area contributed by atoms with Crippen LogP contribution in [0.15, 0.2) is 44.3 Å². The van der Waals surface area contributed by atoms with Crippen molar-refractivity contribution in [3.8, 4) is 0 Å². The maximum atomic E-state index is 13.3. The molecule has 1 aromatic carbocycles. The molecule has 0 aliphatic heterocycles. The molecule has 37 heavy (non-hydrogen) atoms. The van der Waals surface area contributed by atoms with E-state index in [1.165, 1.54) is 10.5 Å². The van der Waals surface area contributed by atoms with E-state index in [0.29, 0.717) is 46.1 Å². The van der Waals surface area contributed by atoms with Gasteiger partial charge in [0.1, 0.15) is 11.3 Å². The normalized spacial score (nSPS) is 12.2. The summed E-state index contributed by atoms with van der Waals surface area (Å²) in [6, 6.07) is 6.89. The molecule has 5 rings (SSSR count). The van der Waals surface area contributed by atoms with Crippen molar-refractivity contribution >= 4 is 32.7 Å². The SMILES string of the molecule is CCCCCn1c2cc(Br)[nH]c2c(=O)n2c(CCc3nc(Cc4cccc(C(F)(F)F)c4)no3)nnc12. The third kappa shape index (κ3) is 5.17. The van der Waals surface area contributed by atoms with Crippen molar-refractivity contribution in [2.45, 2.75) is 58.2 Å². The molecule has 0 aliphatic carbocycles. The van der Waals surface area contributed by atoms with Gasteiger partial charge in [0.2, 0.25) is 11.7 Å². The molecule has 4 heterocycles. The summed E-state index contributed by atoms with van der Waals surface area (Å²) in [7, 11) is 0. The third-order valence-electron chi connectivity index (χ3n) is 6.10. The zero-order valence-corrected chi connectivity index (χ0v) is 21.4. The summed E-state index contributed by atoms with van der Waals surface area (Å²) >= 11 is 3.42. The number of aryl methyl sites for hydroxylation is 3. The number of aromatic amines is 1. The van der Waals surface area contributed by atoms with Crippen molar-refractivity contribution < 1.29 is 17.7 Å². The molecule has 5 aromatic rings. The summed E-state index contributed by atoms with van der Waals surface area (Å²) in [4.78, 5) is 20.7. The number of H-pyrrole nitrogens is 1. The summed E-state index contributed by atoms with van der Waals surface area (Å²) in [5, 5.41) is 12.5. The third-order valence-corrected chi connectivity index (χ3v) is 6.53. The number of hydrogen-bond acceptors (Lipinski definition) is 6. The van der Waals surface area contributed by atoms with E-state index in [2.05, 4.69) is 48.2 Å². The van der Waals surface area contributed by atoms with Crippen LogP contribution in [0, 0.1) is 0 Å². The Morgan fingerprint density at radius 1 is 1.14 bits per heavy atom. The van der Waals surface area contributed by atoms with Crippen LogP contribution in [0.1, 0.15) is 54.9 Å². The van der Waals surface area contributed by atoms with E-state index < -0.39 is 11.7 Å². The van der Waals surface area contributed by atoms with Gasteiger partial charge in [0, 0.05) is 25.8 Å². The summed E-state index contributed by atoms with van der Waals surface area (Å²) in [6.07, 6.45) is -0.673. The number of hydrogen-bond donors (Lipinski definition) is 1. The van der Waals surface area contributed by atoms with Gasteiger partial charge in [-0.05, 0) is 40.0 Å². The maximum absolute atomic E-state index is 13.3. The van der Waals surface area contributed by atoms with Crippen LogP contribution in [0.2, 0.25) is 0 Å². The summed E-state index contributed by atoms with van der Waals surface area (Å²) in [5.74, 6) is 1.49. The Morgan fingerprint density at radius 2 is 1.97 bits per heavy atom. The number of nitrogens with zero attached hydrogens (tertiary/aromatic N) is 6. The molecule has 13 heteroatoms. The van der Waals surface area contributed by atoms with E-state index in [1.807, 2.05) is 10.6 Å². The molecule has 0 bridgehead atoms. The molecule has 0 radical (unpaired) electrons. The van der Waals surface area contributed by atoms with Crippen LogP contribution in [0.25, 0.3) is 16.8 Å². The second-order valence-electron chi connectivity index (χ2n) is 8.77. The highest BCUT2D eigenvalue weighted by atomic mass is 79.9. The Morgan fingerprint density at radius 3 is 2.76 bits per heavy atom. The Bertz CT molecular complexity index is 1620. The number of rotatable bonds is 9. The fraction of sp³-hybridized carbons (Fsp3) is 0.375. The van der Waals surface area contributed by atoms with Crippen molar-refractivity contribution in [3.05, 3.63) is 74.0 Å². The summed E-state index contributed by atoms with van der Waals surface area (Å²) in [6.45, 7) is 2.82. The Kier molecular flexibility index (Phi) is 6.88. The number of halogens is 4. The molecule has 9 nitrogen and oxygen atoms in total. The van der Waals surface area contributed by atoms with Crippen LogP contribution in [0.4, 0.5) is 13.2 Å². The minimum absolute atomic E-state index is 0.101. The molecule has 0 saturated carbocycles. The van der Waals surface area contributed by atoms with E-state index in [9.17, 15) is 18.0 Å². The van der Waals surface area contributed by atoms with Gasteiger partial charge < -0.3 is 14.1 Å².